The molecule has 0 atom stereocenters. The molecule has 0 unspecified atom stereocenters. The Morgan fingerprint density at radius 3 is 1.50 bits per heavy atom. The Labute approximate surface area is 357 Å². The molecule has 0 saturated heterocycles. The minimum absolute atomic E-state index is 0. The van der Waals surface area contributed by atoms with Crippen LogP contribution in [0.1, 0.15) is 122 Å². The summed E-state index contributed by atoms with van der Waals surface area (Å²) in [5.74, 6) is 1.59. The number of rotatable bonds is 2. The Kier molecular flexibility index (Phi) is 20.4. The van der Waals surface area contributed by atoms with Crippen LogP contribution in [0.3, 0.4) is 0 Å². The molecule has 4 aromatic rings. The van der Waals surface area contributed by atoms with Crippen LogP contribution in [0.4, 0.5) is 0 Å². The van der Waals surface area contributed by atoms with Crippen LogP contribution in [0.2, 0.25) is 0 Å². The molecule has 0 spiro atoms. The summed E-state index contributed by atoms with van der Waals surface area (Å²) in [5, 5.41) is 0. The van der Waals surface area contributed by atoms with Crippen molar-refractivity contribution in [3.05, 3.63) is 145 Å². The normalized spacial score (nSPS) is 15.3. The molecule has 290 valence electrons. The Hall–Kier alpha value is -2.31. The van der Waals surface area contributed by atoms with Gasteiger partial charge in [-0.3, -0.25) is 6.08 Å². The molecule has 2 saturated carbocycles. The van der Waals surface area contributed by atoms with Crippen molar-refractivity contribution in [3.63, 3.8) is 0 Å². The van der Waals surface area contributed by atoms with E-state index in [4.69, 9.17) is 0 Å². The predicted octanol–water partition coefficient (Wildman–Crippen LogP) is 15.1. The molecular weight excluding hydrogens is 775 g/mol. The fraction of sp³-hybridized carbons (Fsp3) is 0.392. The third kappa shape index (κ3) is 13.7. The van der Waals surface area contributed by atoms with Gasteiger partial charge in [0.2, 0.25) is 0 Å². The van der Waals surface area contributed by atoms with Crippen LogP contribution >= 0.6 is 24.8 Å². The van der Waals surface area contributed by atoms with E-state index >= 15 is 0 Å². The van der Waals surface area contributed by atoms with E-state index in [1.165, 1.54) is 131 Å². The zero-order valence-electron chi connectivity index (χ0n) is 33.9. The van der Waals surface area contributed by atoms with Crippen LogP contribution in [-0.4, -0.2) is 4.21 Å². The summed E-state index contributed by atoms with van der Waals surface area (Å²) in [6, 6.07) is 32.8. The number of fused-ring (bicyclic) bond motifs is 3. The van der Waals surface area contributed by atoms with Crippen LogP contribution in [0, 0.1) is 37.8 Å². The van der Waals surface area contributed by atoms with Gasteiger partial charge < -0.3 is 13.8 Å². The van der Waals surface area contributed by atoms with Crippen LogP contribution < -0.4 is 0 Å². The standard InChI is InChI=1S/C33H33.2C6H11.C5H5.CH2.2ClH.Zr/c1-32(2,3)30-20-26-24(18-28(30)22-13-9-7-10-14-22)17-25-19-29(23-15-11-8-12-16-23)31(21-27(25)26)33(4,5)6;2*1-6-4-2-3-5-6;1-2-4-5-3-1;;;;/h7-16,18,20-21H,17H2,1-6H3;2*6H,1-5H2;1-3H,4H2;1H2;2*1H;/q4*-1;;;;. The second-order valence-corrected chi connectivity index (χ2v) is 16.7. The SMILES string of the molecule is CC(C)(C)c1cc2c([c-]c1-c1ccccc1)Cc1cc(-c3ccccc3)c(C(C)(C)C)cc1-2.Cl.Cl.[C-]1=CC=CC1.[CH2-]C1CCCC1.[CH2-]C1CCCC1.[CH2]=[Zr]. The summed E-state index contributed by atoms with van der Waals surface area (Å²) >= 11 is 1.30. The average molecular weight is 839 g/mol. The van der Waals surface area contributed by atoms with Crippen LogP contribution in [0.5, 0.6) is 0 Å². The fourth-order valence-corrected chi connectivity index (χ4v) is 7.46. The van der Waals surface area contributed by atoms with Crippen molar-refractivity contribution >= 4 is 29.0 Å². The zero-order chi connectivity index (χ0) is 37.7. The van der Waals surface area contributed by atoms with E-state index in [0.717, 1.165) is 24.7 Å². The van der Waals surface area contributed by atoms with E-state index in [2.05, 4.69) is 157 Å². The van der Waals surface area contributed by atoms with Gasteiger partial charge in [0.1, 0.15) is 0 Å². The molecule has 4 aliphatic carbocycles. The summed E-state index contributed by atoms with van der Waals surface area (Å²) in [6.07, 6.45) is 22.1. The van der Waals surface area contributed by atoms with Crippen molar-refractivity contribution in [1.82, 2.24) is 0 Å². The second-order valence-electron chi connectivity index (χ2n) is 16.7. The average Bonchev–Trinajstić information content (AvgIpc) is 3.99. The first-order chi connectivity index (χ1) is 24.9. The Bertz CT molecular complexity index is 1610. The summed E-state index contributed by atoms with van der Waals surface area (Å²) in [5.41, 5.74) is 13.5. The molecule has 8 rings (SSSR count). The second kappa shape index (κ2) is 23.1. The van der Waals surface area contributed by atoms with E-state index in [-0.39, 0.29) is 35.6 Å². The molecule has 4 aliphatic rings. The molecule has 4 aromatic carbocycles. The third-order valence-electron chi connectivity index (χ3n) is 10.4. The summed E-state index contributed by atoms with van der Waals surface area (Å²) in [4.78, 5) is 0. The number of benzene rings is 4. The molecule has 0 N–H and O–H groups in total. The van der Waals surface area contributed by atoms with Gasteiger partial charge in [-0.15, -0.1) is 60.1 Å². The minimum atomic E-state index is 0. The van der Waals surface area contributed by atoms with Gasteiger partial charge >= 0.3 is 28.4 Å². The van der Waals surface area contributed by atoms with Gasteiger partial charge in [-0.25, -0.2) is 12.2 Å². The molecule has 0 amide bonds. The van der Waals surface area contributed by atoms with Gasteiger partial charge in [0.05, 0.1) is 0 Å². The third-order valence-corrected chi connectivity index (χ3v) is 10.4. The van der Waals surface area contributed by atoms with Crippen molar-refractivity contribution in [2.24, 2.45) is 11.8 Å². The van der Waals surface area contributed by atoms with Crippen LogP contribution in [0.25, 0.3) is 33.4 Å². The van der Waals surface area contributed by atoms with Gasteiger partial charge in [0.15, 0.2) is 0 Å². The molecule has 0 bridgehead atoms. The van der Waals surface area contributed by atoms with Crippen molar-refractivity contribution in [1.29, 1.82) is 0 Å². The first-order valence-electron chi connectivity index (χ1n) is 19.5. The molecule has 0 radical (unpaired) electrons. The molecule has 0 aliphatic heterocycles. The monoisotopic (exact) mass is 836 g/mol. The van der Waals surface area contributed by atoms with Gasteiger partial charge in [-0.1, -0.05) is 182 Å². The van der Waals surface area contributed by atoms with Crippen LogP contribution in [-0.2, 0) is 41.5 Å². The van der Waals surface area contributed by atoms with Gasteiger partial charge in [-0.2, -0.15) is 17.9 Å². The Balaban J connectivity index is 0.000000391. The number of allylic oxidation sites excluding steroid dienone is 4. The molecule has 0 aromatic heterocycles. The Morgan fingerprint density at radius 1 is 0.630 bits per heavy atom. The topological polar surface area (TPSA) is 0 Å². The van der Waals surface area contributed by atoms with Crippen LogP contribution in [0.15, 0.2) is 97.1 Å². The number of halogens is 2. The summed E-state index contributed by atoms with van der Waals surface area (Å²) in [7, 11) is 0. The first kappa shape index (κ1) is 47.8. The molecule has 3 heteroatoms. The fourth-order valence-electron chi connectivity index (χ4n) is 7.46. The van der Waals surface area contributed by atoms with Crippen molar-refractivity contribution < 1.29 is 24.2 Å². The van der Waals surface area contributed by atoms with Crippen molar-refractivity contribution in [2.45, 2.75) is 117 Å². The molecule has 54 heavy (non-hydrogen) atoms. The maximum absolute atomic E-state index is 3.94. The van der Waals surface area contributed by atoms with Crippen molar-refractivity contribution in [3.8, 4) is 33.4 Å². The van der Waals surface area contributed by atoms with Gasteiger partial charge in [0.25, 0.3) is 0 Å². The molecule has 2 fully saturated rings. The quantitative estimate of drug-likeness (QED) is 0.155. The first-order valence-corrected chi connectivity index (χ1v) is 21.3. The van der Waals surface area contributed by atoms with E-state index in [0.29, 0.717) is 0 Å². The summed E-state index contributed by atoms with van der Waals surface area (Å²) in [6.45, 7) is 21.8. The summed E-state index contributed by atoms with van der Waals surface area (Å²) < 4.78 is 3.34. The molecule has 0 heterocycles. The molecular formula is C51H64Cl2Zr-4. The van der Waals surface area contributed by atoms with Gasteiger partial charge in [-0.05, 0) is 39.5 Å². The Morgan fingerprint density at radius 2 is 1.11 bits per heavy atom. The molecule has 0 nitrogen and oxygen atoms in total. The van der Waals surface area contributed by atoms with Gasteiger partial charge in [0, 0.05) is 0 Å². The van der Waals surface area contributed by atoms with E-state index < -0.39 is 0 Å². The van der Waals surface area contributed by atoms with E-state index in [1.54, 1.807) is 0 Å². The maximum atomic E-state index is 3.94. The number of hydrogen-bond donors (Lipinski definition) is 0. The number of hydrogen-bond acceptors (Lipinski definition) is 0. The van der Waals surface area contributed by atoms with Crippen molar-refractivity contribution in [2.75, 3.05) is 0 Å². The predicted molar refractivity (Wildman–Crippen MR) is 240 cm³/mol. The van der Waals surface area contributed by atoms with E-state index in [9.17, 15) is 0 Å². The van der Waals surface area contributed by atoms with E-state index in [1.807, 2.05) is 12.2 Å². The zero-order valence-corrected chi connectivity index (χ0v) is 38.0.